The van der Waals surface area contributed by atoms with Crippen molar-refractivity contribution < 1.29 is 42.9 Å². The molecule has 0 saturated carbocycles. The van der Waals surface area contributed by atoms with Crippen molar-refractivity contribution in [1.82, 2.24) is 15.0 Å². The van der Waals surface area contributed by atoms with E-state index < -0.39 is 48.4 Å². The van der Waals surface area contributed by atoms with Crippen LogP contribution < -0.4 is 0 Å². The normalized spacial score (nSPS) is 21.9. The Morgan fingerprint density at radius 3 is 2.33 bits per heavy atom. The van der Waals surface area contributed by atoms with E-state index in [0.29, 0.717) is 4.88 Å². The fourth-order valence-electron chi connectivity index (χ4n) is 3.34. The largest absolute Gasteiger partial charge is 0.463 e. The molecule has 4 atom stereocenters. The van der Waals surface area contributed by atoms with E-state index in [0.717, 1.165) is 0 Å². The van der Waals surface area contributed by atoms with Crippen molar-refractivity contribution in [1.29, 1.82) is 0 Å². The summed E-state index contributed by atoms with van der Waals surface area (Å²) in [6, 6.07) is 3.52. The Hall–Kier alpha value is -3.32. The summed E-state index contributed by atoms with van der Waals surface area (Å²) in [4.78, 5) is 48.1. The van der Waals surface area contributed by atoms with Crippen LogP contribution >= 0.6 is 11.3 Å². The first-order valence-corrected chi connectivity index (χ1v) is 10.9. The molecule has 0 radical (unpaired) electrons. The number of aromatic nitrogens is 3. The average molecular weight is 481 g/mol. The van der Waals surface area contributed by atoms with Crippen molar-refractivity contribution in [3.05, 3.63) is 23.2 Å². The summed E-state index contributed by atoms with van der Waals surface area (Å²) in [6.07, 6.45) is -4.39. The standard InChI is InChI=1S/C20H23N3O9S/c1-5-28-20(27)15-16(14-7-6-8-33-14)23(22-21-15)19-18(31-12(4)26)17(30-11(3)25)13(32-19)9-29-10(2)24/h6-8,13,17-19H,5,9H2,1-4H3. The number of thiophene rings is 1. The van der Waals surface area contributed by atoms with Gasteiger partial charge in [-0.15, -0.1) is 16.4 Å². The van der Waals surface area contributed by atoms with Gasteiger partial charge in [0.2, 0.25) is 0 Å². The minimum absolute atomic E-state index is 0.0584. The third kappa shape index (κ3) is 5.54. The predicted molar refractivity (Wildman–Crippen MR) is 111 cm³/mol. The van der Waals surface area contributed by atoms with E-state index in [4.69, 9.17) is 23.7 Å². The number of ether oxygens (including phenoxy) is 5. The molecule has 1 aliphatic heterocycles. The molecule has 33 heavy (non-hydrogen) atoms. The van der Waals surface area contributed by atoms with Gasteiger partial charge < -0.3 is 23.7 Å². The number of carbonyl (C=O) groups excluding carboxylic acids is 4. The van der Waals surface area contributed by atoms with Gasteiger partial charge in [-0.3, -0.25) is 14.4 Å². The molecule has 1 fully saturated rings. The SMILES string of the molecule is CCOC(=O)c1nnn(C2OC(COC(C)=O)C(OC(C)=O)C2OC(C)=O)c1-c1cccs1. The molecule has 3 heterocycles. The van der Waals surface area contributed by atoms with Crippen LogP contribution in [0.1, 0.15) is 44.4 Å². The van der Waals surface area contributed by atoms with E-state index in [1.165, 1.54) is 36.8 Å². The smallest absolute Gasteiger partial charge is 0.361 e. The molecule has 4 unspecified atom stereocenters. The first-order valence-electron chi connectivity index (χ1n) is 10.0. The van der Waals surface area contributed by atoms with Gasteiger partial charge in [0.05, 0.1) is 11.5 Å². The van der Waals surface area contributed by atoms with Crippen LogP contribution in [0.4, 0.5) is 0 Å². The summed E-state index contributed by atoms with van der Waals surface area (Å²) >= 11 is 1.32. The molecule has 2 aromatic rings. The fraction of sp³-hybridized carbons (Fsp3) is 0.500. The highest BCUT2D eigenvalue weighted by molar-refractivity contribution is 7.13. The van der Waals surface area contributed by atoms with Crippen molar-refractivity contribution in [3.63, 3.8) is 0 Å². The Morgan fingerprint density at radius 1 is 1.06 bits per heavy atom. The summed E-state index contributed by atoms with van der Waals surface area (Å²) in [5.41, 5.74) is 0.220. The molecular formula is C20H23N3O9S. The van der Waals surface area contributed by atoms with Crippen molar-refractivity contribution in [2.75, 3.05) is 13.2 Å². The maximum Gasteiger partial charge on any atom is 0.361 e. The summed E-state index contributed by atoms with van der Waals surface area (Å²) in [5.74, 6) is -2.58. The molecule has 0 aromatic carbocycles. The van der Waals surface area contributed by atoms with Gasteiger partial charge in [0.15, 0.2) is 24.1 Å². The minimum atomic E-state index is -1.16. The Morgan fingerprint density at radius 2 is 1.76 bits per heavy atom. The fourth-order valence-corrected chi connectivity index (χ4v) is 4.10. The molecule has 1 aliphatic rings. The van der Waals surface area contributed by atoms with E-state index in [1.807, 2.05) is 0 Å². The highest BCUT2D eigenvalue weighted by Crippen LogP contribution is 2.38. The monoisotopic (exact) mass is 481 g/mol. The third-order valence-corrected chi connectivity index (χ3v) is 5.38. The van der Waals surface area contributed by atoms with Gasteiger partial charge in [-0.1, -0.05) is 11.3 Å². The van der Waals surface area contributed by atoms with Crippen LogP contribution in [0.25, 0.3) is 10.6 Å². The molecule has 1 saturated heterocycles. The molecule has 2 aromatic heterocycles. The lowest BCUT2D eigenvalue weighted by molar-refractivity contribution is -0.166. The lowest BCUT2D eigenvalue weighted by Crippen LogP contribution is -2.40. The highest BCUT2D eigenvalue weighted by Gasteiger charge is 2.52. The Balaban J connectivity index is 2.08. The van der Waals surface area contributed by atoms with Crippen molar-refractivity contribution in [2.24, 2.45) is 0 Å². The van der Waals surface area contributed by atoms with Gasteiger partial charge >= 0.3 is 23.9 Å². The Labute approximate surface area is 192 Å². The number of carbonyl (C=O) groups is 4. The van der Waals surface area contributed by atoms with Crippen LogP contribution in [-0.4, -0.2) is 70.4 Å². The number of rotatable bonds is 8. The van der Waals surface area contributed by atoms with Crippen molar-refractivity contribution >= 4 is 35.2 Å². The van der Waals surface area contributed by atoms with Crippen LogP contribution in [0.3, 0.4) is 0 Å². The van der Waals surface area contributed by atoms with Gasteiger partial charge in [0.1, 0.15) is 18.4 Å². The van der Waals surface area contributed by atoms with E-state index in [2.05, 4.69) is 10.3 Å². The van der Waals surface area contributed by atoms with Gasteiger partial charge in [-0.05, 0) is 18.4 Å². The lowest BCUT2D eigenvalue weighted by atomic mass is 10.1. The molecule has 0 bridgehead atoms. The zero-order valence-corrected chi connectivity index (χ0v) is 19.2. The Bertz CT molecular complexity index is 1020. The molecule has 12 nitrogen and oxygen atoms in total. The molecule has 0 amide bonds. The molecule has 0 aliphatic carbocycles. The molecule has 13 heteroatoms. The molecular weight excluding hydrogens is 458 g/mol. The van der Waals surface area contributed by atoms with Gasteiger partial charge in [-0.2, -0.15) is 0 Å². The van der Waals surface area contributed by atoms with Crippen LogP contribution in [0.2, 0.25) is 0 Å². The summed E-state index contributed by atoms with van der Waals surface area (Å²) in [5, 5.41) is 9.83. The topological polar surface area (TPSA) is 145 Å². The number of hydrogen-bond acceptors (Lipinski definition) is 12. The quantitative estimate of drug-likeness (QED) is 0.399. The second kappa shape index (κ2) is 10.5. The lowest BCUT2D eigenvalue weighted by Gasteiger charge is -2.23. The Kier molecular flexibility index (Phi) is 7.76. The van der Waals surface area contributed by atoms with E-state index >= 15 is 0 Å². The third-order valence-electron chi connectivity index (χ3n) is 4.50. The van der Waals surface area contributed by atoms with Crippen molar-refractivity contribution in [2.45, 2.75) is 52.2 Å². The second-order valence-corrected chi connectivity index (χ2v) is 7.89. The minimum Gasteiger partial charge on any atom is -0.463 e. The highest BCUT2D eigenvalue weighted by atomic mass is 32.1. The first kappa shape index (κ1) is 24.3. The number of nitrogens with zero attached hydrogens (tertiary/aromatic N) is 3. The van der Waals surface area contributed by atoms with E-state index in [-0.39, 0.29) is 24.6 Å². The summed E-state index contributed by atoms with van der Waals surface area (Å²) in [6.45, 7) is 5.11. The molecule has 3 rings (SSSR count). The van der Waals surface area contributed by atoms with Crippen LogP contribution in [0.15, 0.2) is 17.5 Å². The van der Waals surface area contributed by atoms with Crippen LogP contribution in [0, 0.1) is 0 Å². The molecule has 178 valence electrons. The first-order chi connectivity index (χ1) is 15.7. The summed E-state index contributed by atoms with van der Waals surface area (Å²) < 4.78 is 28.2. The maximum absolute atomic E-state index is 12.5. The maximum atomic E-state index is 12.5. The molecule has 0 N–H and O–H groups in total. The number of hydrogen-bond donors (Lipinski definition) is 0. The number of esters is 4. The van der Waals surface area contributed by atoms with Gasteiger partial charge in [0.25, 0.3) is 0 Å². The average Bonchev–Trinajstić information content (AvgIpc) is 3.45. The van der Waals surface area contributed by atoms with Crippen LogP contribution in [0.5, 0.6) is 0 Å². The van der Waals surface area contributed by atoms with Gasteiger partial charge in [0, 0.05) is 20.8 Å². The van der Waals surface area contributed by atoms with E-state index in [1.54, 1.807) is 24.4 Å². The van der Waals surface area contributed by atoms with Crippen molar-refractivity contribution in [3.8, 4) is 10.6 Å². The van der Waals surface area contributed by atoms with Gasteiger partial charge in [-0.25, -0.2) is 9.48 Å². The zero-order chi connectivity index (χ0) is 24.1. The zero-order valence-electron chi connectivity index (χ0n) is 18.4. The predicted octanol–water partition coefficient (Wildman–Crippen LogP) is 1.51. The molecule has 0 spiro atoms. The van der Waals surface area contributed by atoms with Crippen LogP contribution in [-0.2, 0) is 38.1 Å². The second-order valence-electron chi connectivity index (χ2n) is 6.94. The summed E-state index contributed by atoms with van der Waals surface area (Å²) in [7, 11) is 0. The van der Waals surface area contributed by atoms with E-state index in [9.17, 15) is 19.2 Å².